The summed E-state index contributed by atoms with van der Waals surface area (Å²) in [4.78, 5) is 26.3. The Labute approximate surface area is 146 Å². The third kappa shape index (κ3) is 3.54. The summed E-state index contributed by atoms with van der Waals surface area (Å²) in [5.41, 5.74) is 1.27. The molecule has 1 atom stereocenters. The Morgan fingerprint density at radius 2 is 2.20 bits per heavy atom. The minimum Gasteiger partial charge on any atom is -0.508 e. The smallest absolute Gasteiger partial charge is 0.336 e. The van der Waals surface area contributed by atoms with Crippen molar-refractivity contribution in [3.05, 3.63) is 39.7 Å². The average molecular weight is 345 g/mol. The van der Waals surface area contributed by atoms with Gasteiger partial charge in [-0.3, -0.25) is 9.69 Å². The third-order valence-electron chi connectivity index (χ3n) is 4.76. The van der Waals surface area contributed by atoms with Crippen molar-refractivity contribution in [1.29, 1.82) is 0 Å². The van der Waals surface area contributed by atoms with E-state index < -0.39 is 5.63 Å². The molecule has 1 unspecified atom stereocenters. The maximum atomic E-state index is 12.3. The molecule has 1 N–H and O–H groups in total. The number of aromatic hydroxyl groups is 1. The summed E-state index contributed by atoms with van der Waals surface area (Å²) in [6.07, 6.45) is 2.76. The van der Waals surface area contributed by atoms with Gasteiger partial charge in [-0.25, -0.2) is 4.79 Å². The SMILES string of the molecule is CCOC(=O)C1CCCCN1Cc1cc(=O)oc2c(C)c(O)ccc12. The first kappa shape index (κ1) is 17.5. The van der Waals surface area contributed by atoms with E-state index in [9.17, 15) is 14.7 Å². The Kier molecular flexibility index (Phi) is 5.08. The number of aryl methyl sites for hydroxylation is 1. The van der Waals surface area contributed by atoms with Gasteiger partial charge >= 0.3 is 11.6 Å². The summed E-state index contributed by atoms with van der Waals surface area (Å²) in [5.74, 6) is -0.113. The number of phenolic OH excluding ortho intramolecular Hbond substituents is 1. The lowest BCUT2D eigenvalue weighted by molar-refractivity contribution is -0.151. The van der Waals surface area contributed by atoms with E-state index in [-0.39, 0.29) is 17.8 Å². The van der Waals surface area contributed by atoms with E-state index in [1.54, 1.807) is 26.0 Å². The fourth-order valence-electron chi connectivity index (χ4n) is 3.45. The van der Waals surface area contributed by atoms with Crippen molar-refractivity contribution in [2.45, 2.75) is 45.7 Å². The number of benzene rings is 1. The number of piperidine rings is 1. The first-order valence-electron chi connectivity index (χ1n) is 8.67. The molecule has 0 bridgehead atoms. The second-order valence-electron chi connectivity index (χ2n) is 6.41. The Morgan fingerprint density at radius 3 is 2.96 bits per heavy atom. The zero-order valence-electron chi connectivity index (χ0n) is 14.6. The van der Waals surface area contributed by atoms with Crippen LogP contribution < -0.4 is 5.63 Å². The van der Waals surface area contributed by atoms with Crippen LogP contribution in [0.3, 0.4) is 0 Å². The van der Waals surface area contributed by atoms with Crippen LogP contribution >= 0.6 is 0 Å². The molecular formula is C19H23NO5. The molecule has 25 heavy (non-hydrogen) atoms. The van der Waals surface area contributed by atoms with Crippen molar-refractivity contribution < 1.29 is 19.1 Å². The number of nitrogens with zero attached hydrogens (tertiary/aromatic N) is 1. The van der Waals surface area contributed by atoms with Crippen molar-refractivity contribution in [1.82, 2.24) is 4.90 Å². The Morgan fingerprint density at radius 1 is 1.40 bits per heavy atom. The lowest BCUT2D eigenvalue weighted by Crippen LogP contribution is -2.45. The Hall–Kier alpha value is -2.34. The molecule has 0 amide bonds. The molecule has 1 aliphatic rings. The molecule has 0 radical (unpaired) electrons. The summed E-state index contributed by atoms with van der Waals surface area (Å²) >= 11 is 0. The van der Waals surface area contributed by atoms with E-state index in [0.717, 1.165) is 36.8 Å². The number of carbonyl (C=O) groups excluding carboxylic acids is 1. The van der Waals surface area contributed by atoms with Gasteiger partial charge in [0, 0.05) is 23.6 Å². The van der Waals surface area contributed by atoms with Crippen molar-refractivity contribution in [3.63, 3.8) is 0 Å². The van der Waals surface area contributed by atoms with Gasteiger partial charge in [0.2, 0.25) is 0 Å². The molecule has 134 valence electrons. The van der Waals surface area contributed by atoms with E-state index in [2.05, 4.69) is 4.90 Å². The molecule has 1 aliphatic heterocycles. The normalized spacial score (nSPS) is 18.4. The lowest BCUT2D eigenvalue weighted by Gasteiger charge is -2.34. The number of likely N-dealkylation sites (tertiary alicyclic amines) is 1. The van der Waals surface area contributed by atoms with Crippen LogP contribution in [0.2, 0.25) is 0 Å². The summed E-state index contributed by atoms with van der Waals surface area (Å²) in [5, 5.41) is 10.6. The van der Waals surface area contributed by atoms with Crippen molar-refractivity contribution in [2.24, 2.45) is 0 Å². The van der Waals surface area contributed by atoms with Gasteiger partial charge in [0.25, 0.3) is 0 Å². The molecule has 1 aromatic carbocycles. The van der Waals surface area contributed by atoms with Gasteiger partial charge in [-0.15, -0.1) is 0 Å². The molecule has 2 aromatic rings. The number of rotatable bonds is 4. The predicted molar refractivity (Wildman–Crippen MR) is 93.6 cm³/mol. The first-order valence-corrected chi connectivity index (χ1v) is 8.67. The Balaban J connectivity index is 1.97. The minimum absolute atomic E-state index is 0.0928. The third-order valence-corrected chi connectivity index (χ3v) is 4.76. The highest BCUT2D eigenvalue weighted by Gasteiger charge is 2.30. The van der Waals surface area contributed by atoms with E-state index in [0.29, 0.717) is 24.3 Å². The van der Waals surface area contributed by atoms with Crippen LogP contribution in [0.5, 0.6) is 5.75 Å². The molecule has 2 heterocycles. The maximum absolute atomic E-state index is 12.3. The molecular weight excluding hydrogens is 322 g/mol. The van der Waals surface area contributed by atoms with Crippen LogP contribution in [0, 0.1) is 6.92 Å². The quantitative estimate of drug-likeness (QED) is 0.678. The van der Waals surface area contributed by atoms with Crippen LogP contribution in [0.25, 0.3) is 11.0 Å². The van der Waals surface area contributed by atoms with Crippen LogP contribution in [-0.2, 0) is 16.1 Å². The summed E-state index contributed by atoms with van der Waals surface area (Å²) < 4.78 is 10.5. The molecule has 1 fully saturated rings. The largest absolute Gasteiger partial charge is 0.508 e. The number of hydrogen-bond acceptors (Lipinski definition) is 6. The second kappa shape index (κ2) is 7.27. The van der Waals surface area contributed by atoms with Gasteiger partial charge in [-0.2, -0.15) is 0 Å². The molecule has 0 saturated carbocycles. The predicted octanol–water partition coefficient (Wildman–Crippen LogP) is 2.72. The van der Waals surface area contributed by atoms with Crippen LogP contribution in [0.1, 0.15) is 37.3 Å². The van der Waals surface area contributed by atoms with Crippen LogP contribution in [-0.4, -0.2) is 35.2 Å². The summed E-state index contributed by atoms with van der Waals surface area (Å²) in [7, 11) is 0. The average Bonchev–Trinajstić information content (AvgIpc) is 2.59. The number of hydrogen-bond donors (Lipinski definition) is 1. The summed E-state index contributed by atoms with van der Waals surface area (Å²) in [6.45, 7) is 5.13. The number of carbonyl (C=O) groups is 1. The fourth-order valence-corrected chi connectivity index (χ4v) is 3.45. The van der Waals surface area contributed by atoms with E-state index in [1.807, 2.05) is 0 Å². The van der Waals surface area contributed by atoms with Gasteiger partial charge in [0.15, 0.2) is 0 Å². The van der Waals surface area contributed by atoms with Crippen LogP contribution in [0.4, 0.5) is 0 Å². The molecule has 6 nitrogen and oxygen atoms in total. The highest BCUT2D eigenvalue weighted by Crippen LogP contribution is 2.29. The van der Waals surface area contributed by atoms with Crippen molar-refractivity contribution >= 4 is 16.9 Å². The molecule has 1 saturated heterocycles. The van der Waals surface area contributed by atoms with Gasteiger partial charge in [-0.1, -0.05) is 6.42 Å². The van der Waals surface area contributed by atoms with Crippen molar-refractivity contribution in [2.75, 3.05) is 13.2 Å². The highest BCUT2D eigenvalue weighted by atomic mass is 16.5. The number of esters is 1. The van der Waals surface area contributed by atoms with E-state index >= 15 is 0 Å². The van der Waals surface area contributed by atoms with Gasteiger partial charge in [-0.05, 0) is 50.9 Å². The van der Waals surface area contributed by atoms with E-state index in [4.69, 9.17) is 9.15 Å². The fraction of sp³-hybridized carbons (Fsp3) is 0.474. The first-order chi connectivity index (χ1) is 12.0. The zero-order chi connectivity index (χ0) is 18.0. The molecule has 0 spiro atoms. The lowest BCUT2D eigenvalue weighted by atomic mass is 10.00. The maximum Gasteiger partial charge on any atom is 0.336 e. The number of phenols is 1. The van der Waals surface area contributed by atoms with Crippen LogP contribution in [0.15, 0.2) is 27.4 Å². The van der Waals surface area contributed by atoms with Crippen molar-refractivity contribution in [3.8, 4) is 5.75 Å². The highest BCUT2D eigenvalue weighted by molar-refractivity contribution is 5.85. The molecule has 0 aliphatic carbocycles. The molecule has 1 aromatic heterocycles. The van der Waals surface area contributed by atoms with Gasteiger partial charge in [0.1, 0.15) is 17.4 Å². The topological polar surface area (TPSA) is 80.0 Å². The van der Waals surface area contributed by atoms with Gasteiger partial charge < -0.3 is 14.3 Å². The Bertz CT molecular complexity index is 842. The summed E-state index contributed by atoms with van der Waals surface area (Å²) in [6, 6.07) is 4.53. The second-order valence-corrected chi connectivity index (χ2v) is 6.41. The molecule has 6 heteroatoms. The standard InChI is InChI=1S/C19H23NO5/c1-3-24-19(23)15-6-4-5-9-20(15)11-13-10-17(22)25-18-12(2)16(21)8-7-14(13)18/h7-8,10,15,21H,3-6,9,11H2,1-2H3. The number of ether oxygens (including phenoxy) is 1. The number of fused-ring (bicyclic) bond motifs is 1. The zero-order valence-corrected chi connectivity index (χ0v) is 14.6. The monoisotopic (exact) mass is 345 g/mol. The minimum atomic E-state index is -0.458. The molecule has 3 rings (SSSR count). The van der Waals surface area contributed by atoms with Gasteiger partial charge in [0.05, 0.1) is 6.61 Å². The van der Waals surface area contributed by atoms with E-state index in [1.165, 1.54) is 6.07 Å².